The number of rotatable bonds is 18. The Hall–Kier alpha value is -1.56. The molecule has 0 bridgehead atoms. The first-order valence-electron chi connectivity index (χ1n) is 13.4. The Labute approximate surface area is 208 Å². The van der Waals surface area contributed by atoms with E-state index in [2.05, 4.69) is 93.4 Å². The van der Waals surface area contributed by atoms with Gasteiger partial charge in [-0.05, 0) is 117 Å². The Bertz CT molecular complexity index is 694. The van der Waals surface area contributed by atoms with Crippen molar-refractivity contribution in [3.8, 4) is 0 Å². The highest BCUT2D eigenvalue weighted by molar-refractivity contribution is 5.07. The van der Waals surface area contributed by atoms with Crippen LogP contribution in [0.3, 0.4) is 0 Å². The average molecular weight is 453 g/mol. The maximum absolute atomic E-state index is 4.35. The molecule has 0 aromatic heterocycles. The zero-order valence-electron chi connectivity index (χ0n) is 23.7. The van der Waals surface area contributed by atoms with Gasteiger partial charge in [0, 0.05) is 0 Å². The lowest BCUT2D eigenvalue weighted by atomic mass is 9.88. The van der Waals surface area contributed by atoms with Gasteiger partial charge in [0.05, 0.1) is 0 Å². The second kappa shape index (κ2) is 17.9. The molecule has 0 fully saturated rings. The van der Waals surface area contributed by atoms with Crippen LogP contribution in [0.5, 0.6) is 0 Å². The molecule has 0 aliphatic rings. The molecule has 0 amide bonds. The summed E-state index contributed by atoms with van der Waals surface area (Å²) in [6.07, 6.45) is 19.1. The van der Waals surface area contributed by atoms with Gasteiger partial charge in [0.2, 0.25) is 0 Å². The van der Waals surface area contributed by atoms with Crippen LogP contribution in [0.1, 0.15) is 120 Å². The summed E-state index contributed by atoms with van der Waals surface area (Å²) < 4.78 is 0. The smallest absolute Gasteiger partial charge is 0.0231 e. The summed E-state index contributed by atoms with van der Waals surface area (Å²) in [5, 5.41) is 0. The van der Waals surface area contributed by atoms with Crippen LogP contribution in [-0.4, -0.2) is 0 Å². The van der Waals surface area contributed by atoms with Gasteiger partial charge < -0.3 is 0 Å². The van der Waals surface area contributed by atoms with Gasteiger partial charge in [0.15, 0.2) is 0 Å². The van der Waals surface area contributed by atoms with Crippen molar-refractivity contribution in [1.29, 1.82) is 0 Å². The fourth-order valence-corrected chi connectivity index (χ4v) is 3.75. The average Bonchev–Trinajstić information content (AvgIpc) is 2.76. The minimum Gasteiger partial charge on any atom is -0.0999 e. The summed E-state index contributed by atoms with van der Waals surface area (Å²) in [7, 11) is 0. The Balaban J connectivity index is 4.15. The lowest BCUT2D eigenvalue weighted by molar-refractivity contribution is 0.543. The molecule has 0 nitrogen and oxygen atoms in total. The molecule has 0 aliphatic carbocycles. The van der Waals surface area contributed by atoms with Gasteiger partial charge in [-0.3, -0.25) is 0 Å². The van der Waals surface area contributed by atoms with E-state index in [1.54, 1.807) is 0 Å². The normalized spacial score (nSPS) is 15.8. The lowest BCUT2D eigenvalue weighted by Crippen LogP contribution is -2.02. The maximum Gasteiger partial charge on any atom is -0.0231 e. The summed E-state index contributed by atoms with van der Waals surface area (Å²) in [6.45, 7) is 30.5. The van der Waals surface area contributed by atoms with Gasteiger partial charge in [-0.1, -0.05) is 92.2 Å². The number of hydrogen-bond donors (Lipinski definition) is 0. The van der Waals surface area contributed by atoms with E-state index in [4.69, 9.17) is 0 Å². The summed E-state index contributed by atoms with van der Waals surface area (Å²) in [6, 6.07) is 0. The molecule has 33 heavy (non-hydrogen) atoms. The predicted octanol–water partition coefficient (Wildman–Crippen LogP) is 11.3. The first kappa shape index (κ1) is 31.4. The van der Waals surface area contributed by atoms with Gasteiger partial charge >= 0.3 is 0 Å². The highest BCUT2D eigenvalue weighted by atomic mass is 14.2. The van der Waals surface area contributed by atoms with Gasteiger partial charge in [-0.15, -0.1) is 0 Å². The third-order valence-corrected chi connectivity index (χ3v) is 7.41. The SMILES string of the molecule is C=C(C)[C@H](C)CCC(=C)[C@H](C)CC/C(C)=C/CC/C=C(\C)CC/C=C(\C)CC[C@H](C)C(=C)C. The van der Waals surface area contributed by atoms with Crippen LogP contribution in [-0.2, 0) is 0 Å². The quantitative estimate of drug-likeness (QED) is 0.143. The Kier molecular flexibility index (Phi) is 17.0. The second-order valence-electron chi connectivity index (χ2n) is 10.9. The van der Waals surface area contributed by atoms with Crippen LogP contribution in [0.25, 0.3) is 0 Å². The number of unbranched alkanes of at least 4 members (excludes halogenated alkanes) is 1. The molecular weight excluding hydrogens is 396 g/mol. The molecule has 188 valence electrons. The fourth-order valence-electron chi connectivity index (χ4n) is 3.75. The molecule has 0 aromatic carbocycles. The molecule has 0 N–H and O–H groups in total. The minimum absolute atomic E-state index is 0.600. The van der Waals surface area contributed by atoms with E-state index in [1.165, 1.54) is 72.0 Å². The predicted molar refractivity (Wildman–Crippen MR) is 154 cm³/mol. The monoisotopic (exact) mass is 452 g/mol. The largest absolute Gasteiger partial charge is 0.0999 e. The van der Waals surface area contributed by atoms with Crippen molar-refractivity contribution >= 4 is 0 Å². The molecule has 0 spiro atoms. The fraction of sp³-hybridized carbons (Fsp3) is 0.636. The topological polar surface area (TPSA) is 0 Å². The van der Waals surface area contributed by atoms with Crippen LogP contribution in [0.4, 0.5) is 0 Å². The molecule has 0 aromatic rings. The molecule has 0 unspecified atom stereocenters. The van der Waals surface area contributed by atoms with Crippen LogP contribution in [0, 0.1) is 17.8 Å². The number of allylic oxidation sites excluding steroid dienone is 9. The molecule has 0 saturated heterocycles. The highest BCUT2D eigenvalue weighted by Crippen LogP contribution is 2.25. The van der Waals surface area contributed by atoms with Crippen LogP contribution < -0.4 is 0 Å². The first-order chi connectivity index (χ1) is 15.4. The zero-order valence-corrected chi connectivity index (χ0v) is 23.7. The van der Waals surface area contributed by atoms with Crippen molar-refractivity contribution in [2.45, 2.75) is 120 Å². The van der Waals surface area contributed by atoms with Crippen molar-refractivity contribution in [3.05, 3.63) is 71.4 Å². The van der Waals surface area contributed by atoms with Crippen LogP contribution >= 0.6 is 0 Å². The number of hydrogen-bond acceptors (Lipinski definition) is 0. The third-order valence-electron chi connectivity index (χ3n) is 7.41. The van der Waals surface area contributed by atoms with Crippen molar-refractivity contribution in [2.75, 3.05) is 0 Å². The van der Waals surface area contributed by atoms with E-state index in [1.807, 2.05) is 0 Å². The van der Waals surface area contributed by atoms with Gasteiger partial charge in [-0.2, -0.15) is 0 Å². The Morgan fingerprint density at radius 3 is 1.33 bits per heavy atom. The third kappa shape index (κ3) is 16.7. The molecule has 0 heteroatoms. The van der Waals surface area contributed by atoms with E-state index in [0.29, 0.717) is 17.8 Å². The van der Waals surface area contributed by atoms with Gasteiger partial charge in [0.25, 0.3) is 0 Å². The van der Waals surface area contributed by atoms with Crippen molar-refractivity contribution in [3.63, 3.8) is 0 Å². The van der Waals surface area contributed by atoms with E-state index < -0.39 is 0 Å². The first-order valence-corrected chi connectivity index (χ1v) is 13.4. The van der Waals surface area contributed by atoms with Crippen molar-refractivity contribution in [2.24, 2.45) is 17.8 Å². The van der Waals surface area contributed by atoms with Crippen molar-refractivity contribution < 1.29 is 0 Å². The summed E-state index contributed by atoms with van der Waals surface area (Å²) in [5.74, 6) is 1.83. The maximum atomic E-state index is 4.35. The summed E-state index contributed by atoms with van der Waals surface area (Å²) in [4.78, 5) is 0. The lowest BCUT2D eigenvalue weighted by Gasteiger charge is -2.17. The molecule has 0 heterocycles. The summed E-state index contributed by atoms with van der Waals surface area (Å²) in [5.41, 5.74) is 8.57. The summed E-state index contributed by atoms with van der Waals surface area (Å²) >= 11 is 0. The highest BCUT2D eigenvalue weighted by Gasteiger charge is 2.10. The molecule has 3 atom stereocenters. The van der Waals surface area contributed by atoms with Crippen LogP contribution in [0.15, 0.2) is 71.4 Å². The Morgan fingerprint density at radius 1 is 0.515 bits per heavy atom. The van der Waals surface area contributed by atoms with E-state index >= 15 is 0 Å². The van der Waals surface area contributed by atoms with E-state index in [-0.39, 0.29) is 0 Å². The van der Waals surface area contributed by atoms with Crippen LogP contribution in [0.2, 0.25) is 0 Å². The second-order valence-corrected chi connectivity index (χ2v) is 10.9. The van der Waals surface area contributed by atoms with E-state index in [9.17, 15) is 0 Å². The Morgan fingerprint density at radius 2 is 0.879 bits per heavy atom. The molecular formula is C33H56. The zero-order chi connectivity index (χ0) is 25.4. The standard InChI is InChI=1S/C33H56/c1-25(2)30(8)21-19-29(7)18-14-17-27(5)15-12-13-16-28(6)20-22-32(10)33(11)24-23-31(9)26(3)4/h15-16,18,30-32H,1,3,11-14,17,19-24H2,2,4-10H3/b27-15+,28-16+,29-18+/t30-,31+,32+/m0/s1. The van der Waals surface area contributed by atoms with Crippen molar-refractivity contribution in [1.82, 2.24) is 0 Å². The molecule has 0 aliphatic heterocycles. The van der Waals surface area contributed by atoms with Gasteiger partial charge in [0.1, 0.15) is 0 Å². The molecule has 0 rings (SSSR count). The van der Waals surface area contributed by atoms with Gasteiger partial charge in [-0.25, -0.2) is 0 Å². The minimum atomic E-state index is 0.600. The van der Waals surface area contributed by atoms with E-state index in [0.717, 1.165) is 25.7 Å². The molecule has 0 radical (unpaired) electrons. The molecule has 0 saturated carbocycles.